The lowest BCUT2D eigenvalue weighted by Gasteiger charge is -2.30. The van der Waals surface area contributed by atoms with Crippen LogP contribution in [-0.2, 0) is 15.0 Å². The molecule has 28 heavy (non-hydrogen) atoms. The third-order valence-electron chi connectivity index (χ3n) is 5.06. The van der Waals surface area contributed by atoms with E-state index in [0.717, 1.165) is 46.1 Å². The van der Waals surface area contributed by atoms with Crippen molar-refractivity contribution < 1.29 is 13.2 Å². The molecular weight excluding hydrogens is 376 g/mol. The first-order valence-electron chi connectivity index (χ1n) is 9.96. The van der Waals surface area contributed by atoms with Crippen molar-refractivity contribution in [1.29, 1.82) is 0 Å². The molecule has 1 N–H and O–H groups in total. The van der Waals surface area contributed by atoms with Gasteiger partial charge in [-0.3, -0.25) is 4.79 Å². The first kappa shape index (κ1) is 22.6. The summed E-state index contributed by atoms with van der Waals surface area (Å²) in [6.45, 7) is 7.74. The largest absolute Gasteiger partial charge is 0.354 e. The van der Waals surface area contributed by atoms with Gasteiger partial charge in [0.15, 0.2) is 0 Å². The van der Waals surface area contributed by atoms with Crippen LogP contribution in [0.4, 0.5) is 5.69 Å². The number of benzene rings is 1. The summed E-state index contributed by atoms with van der Waals surface area (Å²) in [7, 11) is -0.824. The summed E-state index contributed by atoms with van der Waals surface area (Å²) in [5, 5.41) is 2.87. The highest BCUT2D eigenvalue weighted by molar-refractivity contribution is 7.90. The Labute approximate surface area is 169 Å². The van der Waals surface area contributed by atoms with Crippen molar-refractivity contribution in [3.8, 4) is 0 Å². The molecule has 2 rings (SSSR count). The average molecular weight is 411 g/mol. The van der Waals surface area contributed by atoms with Gasteiger partial charge in [0.25, 0.3) is 0 Å². The highest BCUT2D eigenvalue weighted by Crippen LogP contribution is 2.20. The van der Waals surface area contributed by atoms with Gasteiger partial charge in [0.1, 0.15) is 6.54 Å². The van der Waals surface area contributed by atoms with Gasteiger partial charge in [-0.25, -0.2) is 4.31 Å². The molecule has 1 aromatic carbocycles. The minimum Gasteiger partial charge on any atom is -0.354 e. The van der Waals surface area contributed by atoms with Crippen LogP contribution in [0.25, 0.3) is 0 Å². The van der Waals surface area contributed by atoms with Gasteiger partial charge in [-0.15, -0.1) is 0 Å². The highest BCUT2D eigenvalue weighted by atomic mass is 32.2. The van der Waals surface area contributed by atoms with Gasteiger partial charge in [-0.1, -0.05) is 24.6 Å². The normalized spacial score (nSPS) is 18.2. The number of aryl methyl sites for hydroxylation is 1. The molecule has 0 bridgehead atoms. The Morgan fingerprint density at radius 3 is 2.54 bits per heavy atom. The maximum atomic E-state index is 12.7. The zero-order valence-corrected chi connectivity index (χ0v) is 18.3. The smallest absolute Gasteiger partial charge is 0.304 e. The molecule has 0 aliphatic carbocycles. The van der Waals surface area contributed by atoms with E-state index in [-0.39, 0.29) is 12.5 Å². The fourth-order valence-electron chi connectivity index (χ4n) is 3.42. The number of hydrogen-bond acceptors (Lipinski definition) is 4. The molecule has 7 nitrogen and oxygen atoms in total. The van der Waals surface area contributed by atoms with Crippen molar-refractivity contribution in [2.45, 2.75) is 33.1 Å². The molecule has 0 radical (unpaired) electrons. The minimum absolute atomic E-state index is 0.232. The number of likely N-dealkylation sites (tertiary alicyclic amines) is 1. The van der Waals surface area contributed by atoms with Crippen LogP contribution in [0.2, 0.25) is 0 Å². The standard InChI is InChI=1S/C20H34N4O3S/c1-17-8-10-19(11-9-17)24(28(26,27)22(3)4)16-20(25)21-12-6-14-23-13-5-7-18(2)15-23/h8-11,18H,5-7,12-16H2,1-4H3,(H,21,25). The molecule has 1 fully saturated rings. The molecule has 158 valence electrons. The molecule has 1 amide bonds. The maximum Gasteiger partial charge on any atom is 0.304 e. The van der Waals surface area contributed by atoms with Gasteiger partial charge in [-0.05, 0) is 57.3 Å². The summed E-state index contributed by atoms with van der Waals surface area (Å²) < 4.78 is 27.6. The monoisotopic (exact) mass is 410 g/mol. The number of amides is 1. The Morgan fingerprint density at radius 2 is 1.93 bits per heavy atom. The predicted molar refractivity (Wildman–Crippen MR) is 114 cm³/mol. The summed E-state index contributed by atoms with van der Waals surface area (Å²) in [5.74, 6) is 0.445. The zero-order valence-electron chi connectivity index (χ0n) is 17.5. The van der Waals surface area contributed by atoms with Crippen LogP contribution in [0.5, 0.6) is 0 Å². The predicted octanol–water partition coefficient (Wildman–Crippen LogP) is 1.85. The summed E-state index contributed by atoms with van der Waals surface area (Å²) in [5.41, 5.74) is 1.51. The average Bonchev–Trinajstić information content (AvgIpc) is 2.64. The quantitative estimate of drug-likeness (QED) is 0.631. The number of nitrogens with one attached hydrogen (secondary N) is 1. The fraction of sp³-hybridized carbons (Fsp3) is 0.650. The van der Waals surface area contributed by atoms with Crippen molar-refractivity contribution in [2.24, 2.45) is 5.92 Å². The first-order valence-corrected chi connectivity index (χ1v) is 11.4. The zero-order chi connectivity index (χ0) is 20.7. The number of carbonyl (C=O) groups excluding carboxylic acids is 1. The number of rotatable bonds is 9. The number of anilines is 1. The second-order valence-electron chi connectivity index (χ2n) is 7.88. The van der Waals surface area contributed by atoms with E-state index in [2.05, 4.69) is 17.1 Å². The van der Waals surface area contributed by atoms with Crippen LogP contribution in [0.15, 0.2) is 24.3 Å². The van der Waals surface area contributed by atoms with E-state index in [1.165, 1.54) is 26.9 Å². The topological polar surface area (TPSA) is 73.0 Å². The Balaban J connectivity index is 1.90. The number of hydrogen-bond donors (Lipinski definition) is 1. The van der Waals surface area contributed by atoms with E-state index in [1.807, 2.05) is 19.1 Å². The molecule has 1 unspecified atom stereocenters. The summed E-state index contributed by atoms with van der Waals surface area (Å²) in [6, 6.07) is 7.12. The van der Waals surface area contributed by atoms with Crippen LogP contribution in [0.1, 0.15) is 31.7 Å². The summed E-state index contributed by atoms with van der Waals surface area (Å²) >= 11 is 0. The Morgan fingerprint density at radius 1 is 1.25 bits per heavy atom. The van der Waals surface area contributed by atoms with Gasteiger partial charge in [-0.2, -0.15) is 12.7 Å². The second-order valence-corrected chi connectivity index (χ2v) is 9.95. The van der Waals surface area contributed by atoms with E-state index in [1.54, 1.807) is 12.1 Å². The lowest BCUT2D eigenvalue weighted by Crippen LogP contribution is -2.46. The van der Waals surface area contributed by atoms with Crippen LogP contribution in [0.3, 0.4) is 0 Å². The van der Waals surface area contributed by atoms with Crippen molar-refractivity contribution in [3.63, 3.8) is 0 Å². The maximum absolute atomic E-state index is 12.7. The molecule has 8 heteroatoms. The first-order chi connectivity index (χ1) is 13.2. The number of piperidine rings is 1. The number of nitrogens with zero attached hydrogens (tertiary/aromatic N) is 3. The minimum atomic E-state index is -3.76. The molecule has 1 saturated heterocycles. The molecular formula is C20H34N4O3S. The van der Waals surface area contributed by atoms with Crippen LogP contribution in [0, 0.1) is 12.8 Å². The Hall–Kier alpha value is -1.64. The summed E-state index contributed by atoms with van der Waals surface area (Å²) in [6.07, 6.45) is 3.40. The number of carbonyl (C=O) groups is 1. The van der Waals surface area contributed by atoms with Crippen LogP contribution in [-0.4, -0.2) is 70.3 Å². The molecule has 1 heterocycles. The van der Waals surface area contributed by atoms with Crippen molar-refractivity contribution in [1.82, 2.24) is 14.5 Å². The molecule has 1 aliphatic heterocycles. The van der Waals surface area contributed by atoms with E-state index in [4.69, 9.17) is 0 Å². The molecule has 1 aliphatic rings. The Bertz CT molecular complexity index is 734. The van der Waals surface area contributed by atoms with Gasteiger partial charge >= 0.3 is 10.2 Å². The lowest BCUT2D eigenvalue weighted by molar-refractivity contribution is -0.119. The van der Waals surface area contributed by atoms with Crippen molar-refractivity contribution in [2.75, 3.05) is 51.1 Å². The van der Waals surface area contributed by atoms with Crippen molar-refractivity contribution >= 4 is 21.8 Å². The summed E-state index contributed by atoms with van der Waals surface area (Å²) in [4.78, 5) is 14.9. The van der Waals surface area contributed by atoms with Crippen LogP contribution < -0.4 is 9.62 Å². The van der Waals surface area contributed by atoms with Gasteiger partial charge in [0.2, 0.25) is 5.91 Å². The van der Waals surface area contributed by atoms with E-state index in [9.17, 15) is 13.2 Å². The van der Waals surface area contributed by atoms with Crippen molar-refractivity contribution in [3.05, 3.63) is 29.8 Å². The van der Waals surface area contributed by atoms with Crippen LogP contribution >= 0.6 is 0 Å². The van der Waals surface area contributed by atoms with Gasteiger partial charge in [0.05, 0.1) is 5.69 Å². The Kier molecular flexibility index (Phi) is 8.27. The van der Waals surface area contributed by atoms with E-state index < -0.39 is 10.2 Å². The fourth-order valence-corrected chi connectivity index (χ4v) is 4.48. The molecule has 0 aromatic heterocycles. The second kappa shape index (κ2) is 10.2. The molecule has 1 atom stereocenters. The third-order valence-corrected chi connectivity index (χ3v) is 6.88. The third kappa shape index (κ3) is 6.46. The molecule has 0 saturated carbocycles. The molecule has 1 aromatic rings. The lowest BCUT2D eigenvalue weighted by atomic mass is 10.0. The SMILES string of the molecule is Cc1ccc(N(CC(=O)NCCCN2CCCC(C)C2)S(=O)(=O)N(C)C)cc1. The van der Waals surface area contributed by atoms with E-state index >= 15 is 0 Å². The van der Waals surface area contributed by atoms with Gasteiger partial charge < -0.3 is 10.2 Å². The highest BCUT2D eigenvalue weighted by Gasteiger charge is 2.27. The molecule has 0 spiro atoms. The van der Waals surface area contributed by atoms with E-state index in [0.29, 0.717) is 12.2 Å². The van der Waals surface area contributed by atoms with Gasteiger partial charge in [0, 0.05) is 27.2 Å².